The summed E-state index contributed by atoms with van der Waals surface area (Å²) in [7, 11) is -3.64. The van der Waals surface area contributed by atoms with Gasteiger partial charge in [-0.3, -0.25) is 9.10 Å². The van der Waals surface area contributed by atoms with Crippen LogP contribution in [0.5, 0.6) is 0 Å². The molecule has 150 valence electrons. The number of nitrogens with zero attached hydrogens (tertiary/aromatic N) is 3. The number of para-hydroxylation sites is 1. The topological polar surface area (TPSA) is 60.9 Å². The molecule has 8 heteroatoms. The van der Waals surface area contributed by atoms with Crippen LogP contribution in [0.25, 0.3) is 0 Å². The second kappa shape index (κ2) is 8.41. The molecule has 1 aliphatic rings. The Morgan fingerprint density at radius 1 is 1.00 bits per heavy atom. The fourth-order valence-corrected chi connectivity index (χ4v) is 4.77. The van der Waals surface area contributed by atoms with Crippen molar-refractivity contribution in [1.82, 2.24) is 4.90 Å². The maximum atomic E-state index is 13.0. The van der Waals surface area contributed by atoms with Gasteiger partial charge in [0.15, 0.2) is 0 Å². The molecule has 0 spiro atoms. The van der Waals surface area contributed by atoms with Crippen LogP contribution in [0.1, 0.15) is 6.92 Å². The Bertz CT molecular complexity index is 911. The van der Waals surface area contributed by atoms with Crippen LogP contribution < -0.4 is 9.21 Å². The molecule has 1 unspecified atom stereocenters. The lowest BCUT2D eigenvalue weighted by Gasteiger charge is -2.39. The summed E-state index contributed by atoms with van der Waals surface area (Å²) < 4.78 is 26.0. The summed E-state index contributed by atoms with van der Waals surface area (Å²) in [5, 5.41) is 0.508. The van der Waals surface area contributed by atoms with E-state index in [-0.39, 0.29) is 5.91 Å². The molecule has 0 aliphatic carbocycles. The van der Waals surface area contributed by atoms with E-state index in [0.29, 0.717) is 36.9 Å². The van der Waals surface area contributed by atoms with Gasteiger partial charge in [0.05, 0.1) is 11.9 Å². The number of amides is 1. The number of carbonyl (C=O) groups is 1. The van der Waals surface area contributed by atoms with Gasteiger partial charge in [-0.2, -0.15) is 0 Å². The molecule has 0 aromatic heterocycles. The largest absolute Gasteiger partial charge is 0.368 e. The molecule has 0 saturated carbocycles. The van der Waals surface area contributed by atoms with Crippen molar-refractivity contribution in [3.8, 4) is 0 Å². The van der Waals surface area contributed by atoms with Crippen LogP contribution >= 0.6 is 11.6 Å². The molecular weight excluding hydrogens is 398 g/mol. The summed E-state index contributed by atoms with van der Waals surface area (Å²) in [6.07, 6.45) is 1.11. The average Bonchev–Trinajstić information content (AvgIpc) is 2.69. The first-order valence-corrected chi connectivity index (χ1v) is 11.3. The number of rotatable bonds is 5. The number of anilines is 2. The van der Waals surface area contributed by atoms with Crippen molar-refractivity contribution in [3.05, 3.63) is 59.6 Å². The van der Waals surface area contributed by atoms with Gasteiger partial charge in [0.1, 0.15) is 6.04 Å². The van der Waals surface area contributed by atoms with Crippen molar-refractivity contribution in [2.75, 3.05) is 41.6 Å². The fourth-order valence-electron chi connectivity index (χ4n) is 3.48. The van der Waals surface area contributed by atoms with E-state index in [1.54, 1.807) is 36.1 Å². The first kappa shape index (κ1) is 20.5. The lowest BCUT2D eigenvalue weighted by molar-refractivity contribution is -0.132. The van der Waals surface area contributed by atoms with Gasteiger partial charge in [0.25, 0.3) is 0 Å². The molecule has 1 fully saturated rings. The number of piperazine rings is 1. The highest BCUT2D eigenvalue weighted by Crippen LogP contribution is 2.24. The minimum absolute atomic E-state index is 0.201. The van der Waals surface area contributed by atoms with Crippen LogP contribution in [0.3, 0.4) is 0 Å². The standard InChI is InChI=1S/C20H24ClN3O3S/c1-16(24(28(2,26)27)19-10-8-17(21)9-11-19)20(25)23-14-12-22(13-15-23)18-6-4-3-5-7-18/h3-11,16H,12-15H2,1-2H3. The highest BCUT2D eigenvalue weighted by atomic mass is 35.5. The molecule has 0 bridgehead atoms. The van der Waals surface area contributed by atoms with E-state index in [1.807, 2.05) is 30.3 Å². The smallest absolute Gasteiger partial charge is 0.246 e. The predicted octanol–water partition coefficient (Wildman–Crippen LogP) is 2.84. The van der Waals surface area contributed by atoms with Crippen LogP contribution in [0.15, 0.2) is 54.6 Å². The first-order valence-electron chi connectivity index (χ1n) is 9.11. The third kappa shape index (κ3) is 4.59. The molecule has 2 aromatic rings. The molecule has 6 nitrogen and oxygen atoms in total. The summed E-state index contributed by atoms with van der Waals surface area (Å²) in [5.74, 6) is -0.201. The van der Waals surface area contributed by atoms with Gasteiger partial charge in [0, 0.05) is 36.9 Å². The van der Waals surface area contributed by atoms with E-state index in [1.165, 1.54) is 0 Å². The van der Waals surface area contributed by atoms with Crippen LogP contribution in [0, 0.1) is 0 Å². The van der Waals surface area contributed by atoms with Gasteiger partial charge in [0.2, 0.25) is 15.9 Å². The van der Waals surface area contributed by atoms with Crippen LogP contribution in [0.4, 0.5) is 11.4 Å². The number of benzene rings is 2. The number of sulfonamides is 1. The van der Waals surface area contributed by atoms with Crippen molar-refractivity contribution >= 4 is 38.9 Å². The molecule has 1 atom stereocenters. The minimum atomic E-state index is -3.64. The number of hydrogen-bond acceptors (Lipinski definition) is 4. The zero-order valence-corrected chi connectivity index (χ0v) is 17.5. The molecule has 1 aliphatic heterocycles. The maximum Gasteiger partial charge on any atom is 0.246 e. The van der Waals surface area contributed by atoms with Gasteiger partial charge < -0.3 is 9.80 Å². The Balaban J connectivity index is 1.73. The highest BCUT2D eigenvalue weighted by Gasteiger charge is 2.33. The number of halogens is 1. The monoisotopic (exact) mass is 421 g/mol. The predicted molar refractivity (Wildman–Crippen MR) is 113 cm³/mol. The molecule has 0 N–H and O–H groups in total. The van der Waals surface area contributed by atoms with Crippen molar-refractivity contribution in [3.63, 3.8) is 0 Å². The molecule has 0 radical (unpaired) electrons. The van der Waals surface area contributed by atoms with E-state index >= 15 is 0 Å². The number of hydrogen-bond donors (Lipinski definition) is 0. The molecule has 2 aromatic carbocycles. The molecular formula is C20H24ClN3O3S. The van der Waals surface area contributed by atoms with Gasteiger partial charge in [-0.25, -0.2) is 8.42 Å². The lowest BCUT2D eigenvalue weighted by atomic mass is 10.2. The maximum absolute atomic E-state index is 13.0. The summed E-state index contributed by atoms with van der Waals surface area (Å²) in [4.78, 5) is 17.0. The van der Waals surface area contributed by atoms with Crippen molar-refractivity contribution in [1.29, 1.82) is 0 Å². The van der Waals surface area contributed by atoms with E-state index in [0.717, 1.165) is 16.2 Å². The van der Waals surface area contributed by atoms with Gasteiger partial charge in [-0.15, -0.1) is 0 Å². The van der Waals surface area contributed by atoms with Gasteiger partial charge in [-0.05, 0) is 43.3 Å². The zero-order valence-electron chi connectivity index (χ0n) is 16.0. The van der Waals surface area contributed by atoms with Crippen LogP contribution in [0.2, 0.25) is 5.02 Å². The molecule has 28 heavy (non-hydrogen) atoms. The van der Waals surface area contributed by atoms with E-state index in [4.69, 9.17) is 11.6 Å². The summed E-state index contributed by atoms with van der Waals surface area (Å²) in [6.45, 7) is 4.15. The minimum Gasteiger partial charge on any atom is -0.368 e. The van der Waals surface area contributed by atoms with Crippen LogP contribution in [-0.2, 0) is 14.8 Å². The molecule has 1 amide bonds. The van der Waals surface area contributed by atoms with Crippen molar-refractivity contribution in [2.45, 2.75) is 13.0 Å². The number of carbonyl (C=O) groups excluding carboxylic acids is 1. The second-order valence-electron chi connectivity index (χ2n) is 6.86. The third-order valence-electron chi connectivity index (χ3n) is 4.86. The molecule has 3 rings (SSSR count). The Kier molecular flexibility index (Phi) is 6.15. The SMILES string of the molecule is CC(C(=O)N1CCN(c2ccccc2)CC1)N(c1ccc(Cl)cc1)S(C)(=O)=O. The lowest BCUT2D eigenvalue weighted by Crippen LogP contribution is -2.55. The van der Waals surface area contributed by atoms with Crippen LogP contribution in [-0.4, -0.2) is 57.7 Å². The van der Waals surface area contributed by atoms with E-state index in [2.05, 4.69) is 4.90 Å². The first-order chi connectivity index (χ1) is 13.3. The normalized spacial score (nSPS) is 16.0. The third-order valence-corrected chi connectivity index (χ3v) is 6.35. The van der Waals surface area contributed by atoms with E-state index < -0.39 is 16.1 Å². The summed E-state index contributed by atoms with van der Waals surface area (Å²) >= 11 is 5.91. The Labute approximate surface area is 171 Å². The summed E-state index contributed by atoms with van der Waals surface area (Å²) in [6, 6.07) is 15.7. The Morgan fingerprint density at radius 2 is 1.57 bits per heavy atom. The van der Waals surface area contributed by atoms with Gasteiger partial charge in [-0.1, -0.05) is 29.8 Å². The molecule has 1 heterocycles. The van der Waals surface area contributed by atoms with Crippen molar-refractivity contribution < 1.29 is 13.2 Å². The highest BCUT2D eigenvalue weighted by molar-refractivity contribution is 7.92. The Morgan fingerprint density at radius 3 is 2.11 bits per heavy atom. The second-order valence-corrected chi connectivity index (χ2v) is 9.15. The zero-order chi connectivity index (χ0) is 20.3. The quantitative estimate of drug-likeness (QED) is 0.744. The summed E-state index contributed by atoms with van der Waals surface area (Å²) in [5.41, 5.74) is 1.55. The van der Waals surface area contributed by atoms with Crippen molar-refractivity contribution in [2.24, 2.45) is 0 Å². The van der Waals surface area contributed by atoms with Gasteiger partial charge >= 0.3 is 0 Å². The molecule has 1 saturated heterocycles. The Hall–Kier alpha value is -2.25. The average molecular weight is 422 g/mol. The van der Waals surface area contributed by atoms with E-state index in [9.17, 15) is 13.2 Å². The fraction of sp³-hybridized carbons (Fsp3) is 0.350.